The Labute approximate surface area is 153 Å². The van der Waals surface area contributed by atoms with E-state index in [4.69, 9.17) is 11.6 Å². The first-order chi connectivity index (χ1) is 11.8. The third kappa shape index (κ3) is 5.91. The maximum absolute atomic E-state index is 12.4. The maximum Gasteiger partial charge on any atom is 0.222 e. The maximum atomic E-state index is 12.4. The van der Waals surface area contributed by atoms with Crippen LogP contribution in [-0.2, 0) is 9.59 Å². The van der Waals surface area contributed by atoms with Crippen molar-refractivity contribution < 1.29 is 9.59 Å². The molecule has 2 N–H and O–H groups in total. The van der Waals surface area contributed by atoms with Gasteiger partial charge in [-0.1, -0.05) is 53.6 Å². The molecule has 0 fully saturated rings. The van der Waals surface area contributed by atoms with Gasteiger partial charge in [-0.3, -0.25) is 9.59 Å². The zero-order chi connectivity index (χ0) is 18.4. The Hall–Kier alpha value is -2.33. The third-order valence-corrected chi connectivity index (χ3v) is 4.25. The second-order valence-electron chi connectivity index (χ2n) is 6.21. The van der Waals surface area contributed by atoms with Crippen LogP contribution in [0.5, 0.6) is 0 Å². The highest BCUT2D eigenvalue weighted by atomic mass is 35.5. The predicted octanol–water partition coefficient (Wildman–Crippen LogP) is 4.09. The summed E-state index contributed by atoms with van der Waals surface area (Å²) in [6.07, 6.45) is 0.164. The van der Waals surface area contributed by atoms with Gasteiger partial charge in [-0.2, -0.15) is 0 Å². The predicted molar refractivity (Wildman–Crippen MR) is 100 cm³/mol. The lowest BCUT2D eigenvalue weighted by Gasteiger charge is -2.20. The van der Waals surface area contributed by atoms with E-state index in [1.165, 1.54) is 12.5 Å². The van der Waals surface area contributed by atoms with Crippen LogP contribution in [0.3, 0.4) is 0 Å². The number of benzene rings is 2. The van der Waals surface area contributed by atoms with E-state index in [0.29, 0.717) is 5.02 Å². The van der Waals surface area contributed by atoms with E-state index in [1.807, 2.05) is 50.2 Å². The van der Waals surface area contributed by atoms with Gasteiger partial charge in [0.15, 0.2) is 0 Å². The van der Waals surface area contributed by atoms with Crippen molar-refractivity contribution >= 4 is 23.4 Å². The minimum Gasteiger partial charge on any atom is -0.350 e. The molecule has 0 saturated heterocycles. The minimum atomic E-state index is -0.389. The van der Waals surface area contributed by atoms with E-state index in [1.54, 1.807) is 12.1 Å². The molecule has 0 aliphatic carbocycles. The fraction of sp³-hybridized carbons (Fsp3) is 0.300. The number of amides is 2. The van der Waals surface area contributed by atoms with Gasteiger partial charge in [0.2, 0.25) is 11.8 Å². The van der Waals surface area contributed by atoms with Gasteiger partial charge in [0.1, 0.15) is 0 Å². The number of carbonyl (C=O) groups is 2. The van der Waals surface area contributed by atoms with Gasteiger partial charge in [-0.15, -0.1) is 0 Å². The molecule has 0 heterocycles. The average molecular weight is 359 g/mol. The van der Waals surface area contributed by atoms with Crippen molar-refractivity contribution in [2.24, 2.45) is 0 Å². The van der Waals surface area contributed by atoms with Crippen LogP contribution < -0.4 is 10.6 Å². The molecule has 25 heavy (non-hydrogen) atoms. The van der Waals surface area contributed by atoms with Gasteiger partial charge in [0.05, 0.1) is 18.5 Å². The first-order valence-corrected chi connectivity index (χ1v) is 8.61. The standard InChI is InChI=1S/C20H23ClN2O2/c1-13-4-6-16(7-5-13)14(2)22-20(25)12-19(23-15(3)24)17-8-10-18(21)11-9-17/h4-11,14,19H,12H2,1-3H3,(H,22,25)(H,23,24). The Bertz CT molecular complexity index is 726. The smallest absolute Gasteiger partial charge is 0.222 e. The number of rotatable bonds is 6. The third-order valence-electron chi connectivity index (χ3n) is 3.99. The largest absolute Gasteiger partial charge is 0.350 e. The van der Waals surface area contributed by atoms with Crippen LogP contribution in [0.1, 0.15) is 49.0 Å². The van der Waals surface area contributed by atoms with E-state index >= 15 is 0 Å². The molecule has 0 aliphatic heterocycles. The topological polar surface area (TPSA) is 58.2 Å². The number of hydrogen-bond acceptors (Lipinski definition) is 2. The van der Waals surface area contributed by atoms with Crippen LogP contribution in [0.2, 0.25) is 5.02 Å². The molecule has 5 heteroatoms. The lowest BCUT2D eigenvalue weighted by Crippen LogP contribution is -2.33. The van der Waals surface area contributed by atoms with Gasteiger partial charge in [0, 0.05) is 11.9 Å². The Kier molecular flexibility index (Phi) is 6.59. The quantitative estimate of drug-likeness (QED) is 0.817. The fourth-order valence-corrected chi connectivity index (χ4v) is 2.74. The summed E-state index contributed by atoms with van der Waals surface area (Å²) >= 11 is 5.91. The molecule has 2 amide bonds. The van der Waals surface area contributed by atoms with Crippen molar-refractivity contribution in [2.75, 3.05) is 0 Å². The summed E-state index contributed by atoms with van der Waals surface area (Å²) in [5.74, 6) is -0.305. The zero-order valence-corrected chi connectivity index (χ0v) is 15.4. The van der Waals surface area contributed by atoms with Crippen molar-refractivity contribution in [3.63, 3.8) is 0 Å². The lowest BCUT2D eigenvalue weighted by molar-refractivity contribution is -0.123. The second-order valence-corrected chi connectivity index (χ2v) is 6.65. The van der Waals surface area contributed by atoms with Crippen LogP contribution in [-0.4, -0.2) is 11.8 Å². The summed E-state index contributed by atoms with van der Waals surface area (Å²) in [4.78, 5) is 23.9. The minimum absolute atomic E-state index is 0.101. The Morgan fingerprint density at radius 2 is 1.52 bits per heavy atom. The summed E-state index contributed by atoms with van der Waals surface area (Å²) < 4.78 is 0. The molecular formula is C20H23ClN2O2. The lowest BCUT2D eigenvalue weighted by atomic mass is 10.0. The molecule has 0 aromatic heterocycles. The van der Waals surface area contributed by atoms with Crippen molar-refractivity contribution in [1.82, 2.24) is 10.6 Å². The molecule has 0 aliphatic rings. The van der Waals surface area contributed by atoms with Crippen LogP contribution in [0.25, 0.3) is 0 Å². The van der Waals surface area contributed by atoms with Crippen LogP contribution in [0.4, 0.5) is 0 Å². The van der Waals surface area contributed by atoms with E-state index in [9.17, 15) is 9.59 Å². The van der Waals surface area contributed by atoms with Crippen LogP contribution >= 0.6 is 11.6 Å². The molecule has 2 aromatic carbocycles. The molecule has 0 bridgehead atoms. The number of nitrogens with one attached hydrogen (secondary N) is 2. The molecule has 0 spiro atoms. The Balaban J connectivity index is 2.04. The highest BCUT2D eigenvalue weighted by molar-refractivity contribution is 6.30. The number of hydrogen-bond donors (Lipinski definition) is 2. The molecule has 2 rings (SSSR count). The number of carbonyl (C=O) groups excluding carboxylic acids is 2. The SMILES string of the molecule is CC(=O)NC(CC(=O)NC(C)c1ccc(C)cc1)c1ccc(Cl)cc1. The summed E-state index contributed by atoms with van der Waals surface area (Å²) in [6.45, 7) is 5.41. The first kappa shape index (κ1) is 19.0. The molecule has 4 nitrogen and oxygen atoms in total. The van der Waals surface area contributed by atoms with Gasteiger partial charge in [-0.25, -0.2) is 0 Å². The average Bonchev–Trinajstić information content (AvgIpc) is 2.55. The van der Waals surface area contributed by atoms with Crippen molar-refractivity contribution in [2.45, 2.75) is 39.3 Å². The van der Waals surface area contributed by atoms with E-state index < -0.39 is 0 Å². The fourth-order valence-electron chi connectivity index (χ4n) is 2.62. The summed E-state index contributed by atoms with van der Waals surface area (Å²) in [5.41, 5.74) is 3.06. The van der Waals surface area contributed by atoms with E-state index in [2.05, 4.69) is 10.6 Å². The molecular weight excluding hydrogens is 336 g/mol. The Morgan fingerprint density at radius 1 is 0.960 bits per heavy atom. The number of aryl methyl sites for hydroxylation is 1. The summed E-state index contributed by atoms with van der Waals surface area (Å²) in [6, 6.07) is 14.7. The van der Waals surface area contributed by atoms with Gasteiger partial charge in [0.25, 0.3) is 0 Å². The molecule has 132 valence electrons. The van der Waals surface area contributed by atoms with Crippen molar-refractivity contribution in [3.8, 4) is 0 Å². The monoisotopic (exact) mass is 358 g/mol. The van der Waals surface area contributed by atoms with Gasteiger partial charge in [-0.05, 0) is 37.1 Å². The molecule has 2 aromatic rings. The number of halogens is 1. The van der Waals surface area contributed by atoms with Crippen LogP contribution in [0.15, 0.2) is 48.5 Å². The van der Waals surface area contributed by atoms with Gasteiger partial charge < -0.3 is 10.6 Å². The normalized spacial score (nSPS) is 13.0. The first-order valence-electron chi connectivity index (χ1n) is 8.23. The van der Waals surface area contributed by atoms with Gasteiger partial charge >= 0.3 is 0 Å². The highest BCUT2D eigenvalue weighted by Crippen LogP contribution is 2.20. The van der Waals surface area contributed by atoms with E-state index in [0.717, 1.165) is 11.1 Å². The molecule has 2 unspecified atom stereocenters. The summed E-state index contributed by atoms with van der Waals surface area (Å²) in [5, 5.41) is 6.42. The highest BCUT2D eigenvalue weighted by Gasteiger charge is 2.18. The zero-order valence-electron chi connectivity index (χ0n) is 14.7. The summed E-state index contributed by atoms with van der Waals surface area (Å²) in [7, 11) is 0. The molecule has 2 atom stereocenters. The van der Waals surface area contributed by atoms with Crippen molar-refractivity contribution in [1.29, 1.82) is 0 Å². The molecule has 0 radical (unpaired) electrons. The van der Waals surface area contributed by atoms with E-state index in [-0.39, 0.29) is 30.3 Å². The van der Waals surface area contributed by atoms with Crippen LogP contribution in [0, 0.1) is 6.92 Å². The second kappa shape index (κ2) is 8.67. The van der Waals surface area contributed by atoms with Crippen molar-refractivity contribution in [3.05, 3.63) is 70.2 Å². The Morgan fingerprint density at radius 3 is 2.08 bits per heavy atom. The molecule has 0 saturated carbocycles.